The number of aromatic amines is 1. The summed E-state index contributed by atoms with van der Waals surface area (Å²) in [4.78, 5) is 22.8. The predicted molar refractivity (Wildman–Crippen MR) is 115 cm³/mol. The first kappa shape index (κ1) is 22.1. The van der Waals surface area contributed by atoms with Gasteiger partial charge >= 0.3 is 7.52 Å². The van der Waals surface area contributed by atoms with Crippen molar-refractivity contribution in [3.8, 4) is 5.88 Å². The van der Waals surface area contributed by atoms with E-state index >= 15 is 0 Å². The quantitative estimate of drug-likeness (QED) is 0.423. The van der Waals surface area contributed by atoms with E-state index < -0.39 is 29.0 Å². The number of nitrogens with zero attached hydrogens (tertiary/aromatic N) is 2. The monoisotopic (exact) mass is 457 g/mol. The summed E-state index contributed by atoms with van der Waals surface area (Å²) in [6.07, 6.45) is 1.63. The molecular formula is C17H24N5O6PS. The number of H-pyrrole nitrogens is 1. The van der Waals surface area contributed by atoms with Crippen LogP contribution in [0.4, 0.5) is 11.4 Å². The first-order valence-electron chi connectivity index (χ1n) is 9.01. The Labute approximate surface area is 173 Å². The molecule has 1 aliphatic rings. The van der Waals surface area contributed by atoms with Crippen LogP contribution in [0.15, 0.2) is 27.8 Å². The number of rotatable bonds is 5. The molecule has 13 heteroatoms. The van der Waals surface area contributed by atoms with Crippen LogP contribution in [0.3, 0.4) is 0 Å². The van der Waals surface area contributed by atoms with Gasteiger partial charge in [0.2, 0.25) is 15.9 Å². The second-order valence-corrected chi connectivity index (χ2v) is 11.8. The molecule has 0 radical (unpaired) electrons. The fourth-order valence-electron chi connectivity index (χ4n) is 2.90. The number of hydrogen-bond donors (Lipinski definition) is 5. The third kappa shape index (κ3) is 4.77. The number of aryl methyl sites for hydroxylation is 1. The molecule has 2 aromatic rings. The van der Waals surface area contributed by atoms with Crippen LogP contribution in [0.2, 0.25) is 0 Å². The lowest BCUT2D eigenvalue weighted by Crippen LogP contribution is -2.28. The average Bonchev–Trinajstić information content (AvgIpc) is 2.85. The zero-order valence-electron chi connectivity index (χ0n) is 16.9. The lowest BCUT2D eigenvalue weighted by molar-refractivity contribution is 0.318. The van der Waals surface area contributed by atoms with E-state index in [1.807, 2.05) is 20.8 Å². The molecule has 1 aromatic carbocycles. The third-order valence-electron chi connectivity index (χ3n) is 4.37. The van der Waals surface area contributed by atoms with Gasteiger partial charge in [0.15, 0.2) is 5.84 Å². The molecule has 0 fully saturated rings. The molecule has 3 rings (SSSR count). The number of aromatic hydroxyl groups is 1. The lowest BCUT2D eigenvalue weighted by atomic mass is 9.92. The number of sulfonamides is 1. The van der Waals surface area contributed by atoms with Gasteiger partial charge in [0, 0.05) is 12.2 Å². The minimum absolute atomic E-state index is 0.0359. The number of amidine groups is 1. The molecule has 1 unspecified atom stereocenters. The van der Waals surface area contributed by atoms with E-state index in [4.69, 9.17) is 0 Å². The molecule has 1 atom stereocenters. The van der Waals surface area contributed by atoms with Crippen molar-refractivity contribution in [1.82, 2.24) is 9.78 Å². The molecule has 11 nitrogen and oxygen atoms in total. The van der Waals surface area contributed by atoms with Crippen LogP contribution in [0, 0.1) is 5.41 Å². The minimum Gasteiger partial charge on any atom is -0.493 e. The first-order valence-corrected chi connectivity index (χ1v) is 12.5. The summed E-state index contributed by atoms with van der Waals surface area (Å²) in [5.74, 6) is -0.639. The minimum atomic E-state index is -4.35. The van der Waals surface area contributed by atoms with Gasteiger partial charge in [-0.25, -0.2) is 8.42 Å². The van der Waals surface area contributed by atoms with Crippen molar-refractivity contribution in [3.63, 3.8) is 0 Å². The van der Waals surface area contributed by atoms with E-state index in [-0.39, 0.29) is 33.5 Å². The Hall–Kier alpha value is -2.56. The van der Waals surface area contributed by atoms with Crippen molar-refractivity contribution in [3.05, 3.63) is 34.1 Å². The molecule has 2 heterocycles. The van der Waals surface area contributed by atoms with Crippen LogP contribution in [0.25, 0.3) is 0 Å². The van der Waals surface area contributed by atoms with Gasteiger partial charge in [-0.2, -0.15) is 4.76 Å². The molecule has 0 saturated carbocycles. The number of benzene rings is 1. The Kier molecular flexibility index (Phi) is 5.38. The lowest BCUT2D eigenvalue weighted by Gasteiger charge is -2.22. The normalized spacial score (nSPS) is 19.0. The van der Waals surface area contributed by atoms with E-state index in [1.165, 1.54) is 22.9 Å². The average molecular weight is 457 g/mol. The maximum Gasteiger partial charge on any atom is 0.346 e. The largest absolute Gasteiger partial charge is 0.493 e. The summed E-state index contributed by atoms with van der Waals surface area (Å²) in [6, 6.07) is 3.99. The summed E-state index contributed by atoms with van der Waals surface area (Å²) in [5, 5.41) is 15.7. The van der Waals surface area contributed by atoms with Gasteiger partial charge in [0.05, 0.1) is 17.2 Å². The van der Waals surface area contributed by atoms with E-state index in [2.05, 4.69) is 19.9 Å². The Bertz CT molecular complexity index is 1240. The maximum atomic E-state index is 12.8. The molecule has 5 N–H and O–H groups in total. The van der Waals surface area contributed by atoms with Gasteiger partial charge < -0.3 is 15.3 Å². The van der Waals surface area contributed by atoms with Gasteiger partial charge in [0.25, 0.3) is 5.56 Å². The van der Waals surface area contributed by atoms with Crippen LogP contribution in [-0.4, -0.2) is 40.3 Å². The zero-order chi connectivity index (χ0) is 22.5. The molecule has 0 amide bonds. The highest BCUT2D eigenvalue weighted by atomic mass is 32.2. The molecule has 1 aromatic heterocycles. The SMILES string of the molecule is CC(C)(C)CCn1[nH]c(=O)c(C2=NP(=O)(O)c3cc(NS(C)(=O)=O)ccc3N2)c1O. The predicted octanol–water partition coefficient (Wildman–Crippen LogP) is 1.37. The van der Waals surface area contributed by atoms with Gasteiger partial charge in [-0.3, -0.25) is 23.9 Å². The number of aromatic nitrogens is 2. The Morgan fingerprint density at radius 1 is 1.30 bits per heavy atom. The van der Waals surface area contributed by atoms with Crippen molar-refractivity contribution >= 4 is 40.1 Å². The molecule has 0 aliphatic carbocycles. The second kappa shape index (κ2) is 7.29. The molecule has 164 valence electrons. The molecule has 1 aliphatic heterocycles. The second-order valence-electron chi connectivity index (χ2n) is 8.33. The number of nitrogens with one attached hydrogen (secondary N) is 3. The number of fused-ring (bicyclic) bond motifs is 1. The maximum absolute atomic E-state index is 12.8. The fourth-order valence-corrected chi connectivity index (χ4v) is 4.74. The van der Waals surface area contributed by atoms with Crippen LogP contribution >= 0.6 is 7.52 Å². The highest BCUT2D eigenvalue weighted by molar-refractivity contribution is 7.92. The van der Waals surface area contributed by atoms with E-state index in [0.717, 1.165) is 6.26 Å². The van der Waals surface area contributed by atoms with E-state index in [0.29, 0.717) is 13.0 Å². The zero-order valence-corrected chi connectivity index (χ0v) is 18.6. The first-order chi connectivity index (χ1) is 13.7. The number of anilines is 2. The van der Waals surface area contributed by atoms with Gasteiger partial charge in [-0.1, -0.05) is 20.8 Å². The van der Waals surface area contributed by atoms with Crippen molar-refractivity contribution in [2.75, 3.05) is 16.3 Å². The Balaban J connectivity index is 1.99. The fraction of sp³-hybridized carbons (Fsp3) is 0.412. The van der Waals surface area contributed by atoms with Crippen LogP contribution < -0.4 is 20.9 Å². The highest BCUT2D eigenvalue weighted by Gasteiger charge is 2.33. The van der Waals surface area contributed by atoms with Crippen molar-refractivity contribution < 1.29 is 23.0 Å². The molecule has 30 heavy (non-hydrogen) atoms. The smallest absolute Gasteiger partial charge is 0.346 e. The highest BCUT2D eigenvalue weighted by Crippen LogP contribution is 2.47. The summed E-state index contributed by atoms with van der Waals surface area (Å²) in [5.41, 5.74) is -0.675. The summed E-state index contributed by atoms with van der Waals surface area (Å²) in [6.45, 7) is 6.40. The van der Waals surface area contributed by atoms with Gasteiger partial charge in [-0.15, -0.1) is 0 Å². The van der Waals surface area contributed by atoms with E-state index in [9.17, 15) is 27.8 Å². The van der Waals surface area contributed by atoms with Crippen LogP contribution in [0.5, 0.6) is 5.88 Å². The number of hydrogen-bond acceptors (Lipinski definition) is 6. The topological polar surface area (TPSA) is 166 Å². The van der Waals surface area contributed by atoms with Crippen molar-refractivity contribution in [1.29, 1.82) is 0 Å². The van der Waals surface area contributed by atoms with E-state index in [1.54, 1.807) is 0 Å². The third-order valence-corrected chi connectivity index (χ3v) is 6.44. The van der Waals surface area contributed by atoms with Crippen LogP contribution in [0.1, 0.15) is 32.8 Å². The molecule has 0 bridgehead atoms. The summed E-state index contributed by atoms with van der Waals surface area (Å²) >= 11 is 0. The molecule has 0 spiro atoms. The molecular weight excluding hydrogens is 433 g/mol. The summed E-state index contributed by atoms with van der Waals surface area (Å²) < 4.78 is 42.9. The van der Waals surface area contributed by atoms with Gasteiger partial charge in [0.1, 0.15) is 5.56 Å². The van der Waals surface area contributed by atoms with Crippen molar-refractivity contribution in [2.45, 2.75) is 33.7 Å². The Morgan fingerprint density at radius 2 is 1.97 bits per heavy atom. The van der Waals surface area contributed by atoms with Crippen LogP contribution in [-0.2, 0) is 21.1 Å². The summed E-state index contributed by atoms with van der Waals surface area (Å²) in [7, 11) is -7.92. The Morgan fingerprint density at radius 3 is 2.57 bits per heavy atom. The van der Waals surface area contributed by atoms with Crippen molar-refractivity contribution in [2.24, 2.45) is 10.2 Å². The van der Waals surface area contributed by atoms with Gasteiger partial charge in [-0.05, 0) is 30.0 Å². The standard InChI is InChI=1S/C17H24N5O6PS/c1-17(2,3)7-8-22-16(24)13(15(23)19-22)14-18-11-6-5-10(21-30(4,27)28)9-12(11)29(25,26)20-14/h5-6,9,21,24H,7-8H2,1-4H3,(H,19,23)(H2,18,20,25,26). The molecule has 0 saturated heterocycles.